The van der Waals surface area contributed by atoms with Crippen molar-refractivity contribution in [1.82, 2.24) is 0 Å². The third-order valence-corrected chi connectivity index (χ3v) is 4.19. The van der Waals surface area contributed by atoms with Crippen LogP contribution < -0.4 is 37.2 Å². The third kappa shape index (κ3) is 5.48. The SMILES string of the molecule is [Cl-].[Cl-].[Cl-].[V+4].c1ccc(-c2cc[c-](-c3ccccc3)c2-c2ccccc2)cc1. The molecule has 0 saturated carbocycles. The molecule has 4 aromatic carbocycles. The van der Waals surface area contributed by atoms with E-state index in [1.54, 1.807) is 0 Å². The molecule has 1 radical (unpaired) electrons. The van der Waals surface area contributed by atoms with Gasteiger partial charge in [-0.15, -0.1) is 29.8 Å². The first-order valence-electron chi connectivity index (χ1n) is 7.89. The standard InChI is InChI=1S/C23H17.3ClH.V/c1-4-10-18(11-5-1)21-16-17-22(19-12-6-2-7-13-19)23(21)20-14-8-3-9-15-20;;;;/h1-17H;3*1H;/q-1;;;;+4/p-3. The van der Waals surface area contributed by atoms with E-state index in [1.807, 2.05) is 0 Å². The average Bonchev–Trinajstić information content (AvgIpc) is 3.09. The molecule has 0 fully saturated rings. The predicted molar refractivity (Wildman–Crippen MR) is 98.3 cm³/mol. The van der Waals surface area contributed by atoms with E-state index in [1.165, 1.54) is 33.4 Å². The molecule has 0 aliphatic carbocycles. The Morgan fingerprint density at radius 1 is 0.481 bits per heavy atom. The molecule has 0 aliphatic rings. The maximum atomic E-state index is 2.24. The van der Waals surface area contributed by atoms with Crippen LogP contribution in [0.4, 0.5) is 0 Å². The van der Waals surface area contributed by atoms with Gasteiger partial charge in [0, 0.05) is 0 Å². The van der Waals surface area contributed by atoms with Gasteiger partial charge in [0.25, 0.3) is 0 Å². The van der Waals surface area contributed by atoms with Gasteiger partial charge in [0.2, 0.25) is 0 Å². The van der Waals surface area contributed by atoms with Crippen LogP contribution in [0.1, 0.15) is 0 Å². The molecule has 0 nitrogen and oxygen atoms in total. The van der Waals surface area contributed by atoms with E-state index in [0.717, 1.165) is 0 Å². The summed E-state index contributed by atoms with van der Waals surface area (Å²) in [6, 6.07) is 36.3. The second-order valence-corrected chi connectivity index (χ2v) is 5.63. The molecular formula is C23H17Cl3V. The largest absolute Gasteiger partial charge is 4.00 e. The van der Waals surface area contributed by atoms with Gasteiger partial charge in [-0.1, -0.05) is 107 Å². The van der Waals surface area contributed by atoms with Crippen LogP contribution in [0, 0.1) is 0 Å². The molecule has 4 aromatic rings. The maximum Gasteiger partial charge on any atom is 4.00 e. The van der Waals surface area contributed by atoms with Gasteiger partial charge in [-0.25, -0.2) is 0 Å². The first-order chi connectivity index (χ1) is 11.4. The normalized spacial score (nSPS) is 9.04. The molecule has 27 heavy (non-hydrogen) atoms. The van der Waals surface area contributed by atoms with Crippen LogP contribution in [-0.2, 0) is 18.6 Å². The number of halogens is 3. The van der Waals surface area contributed by atoms with Crippen LogP contribution >= 0.6 is 0 Å². The summed E-state index contributed by atoms with van der Waals surface area (Å²) in [7, 11) is 0. The van der Waals surface area contributed by atoms with Crippen LogP contribution in [0.25, 0.3) is 33.4 Å². The van der Waals surface area contributed by atoms with Gasteiger partial charge in [-0.05, 0) is 0 Å². The van der Waals surface area contributed by atoms with Crippen LogP contribution in [0.15, 0.2) is 103 Å². The molecule has 0 saturated heterocycles. The van der Waals surface area contributed by atoms with Crippen LogP contribution in [0.5, 0.6) is 0 Å². The Morgan fingerprint density at radius 3 is 1.44 bits per heavy atom. The summed E-state index contributed by atoms with van der Waals surface area (Å²) in [5.74, 6) is 0. The van der Waals surface area contributed by atoms with Crippen LogP contribution in [0.2, 0.25) is 0 Å². The van der Waals surface area contributed by atoms with Crippen LogP contribution in [0.3, 0.4) is 0 Å². The Labute approximate surface area is 191 Å². The van der Waals surface area contributed by atoms with Gasteiger partial charge < -0.3 is 37.2 Å². The van der Waals surface area contributed by atoms with Crippen molar-refractivity contribution >= 4 is 0 Å². The molecule has 4 rings (SSSR count). The summed E-state index contributed by atoms with van der Waals surface area (Å²) < 4.78 is 0. The third-order valence-electron chi connectivity index (χ3n) is 4.19. The molecule has 135 valence electrons. The number of rotatable bonds is 3. The van der Waals surface area contributed by atoms with E-state index < -0.39 is 0 Å². The smallest absolute Gasteiger partial charge is 1.00 e. The second kappa shape index (κ2) is 12.0. The van der Waals surface area contributed by atoms with Crippen molar-refractivity contribution in [1.29, 1.82) is 0 Å². The zero-order valence-corrected chi connectivity index (χ0v) is 18.1. The summed E-state index contributed by atoms with van der Waals surface area (Å²) in [6.45, 7) is 0. The molecule has 0 atom stereocenters. The Bertz CT molecular complexity index is 847. The van der Waals surface area contributed by atoms with Crippen molar-refractivity contribution in [2.24, 2.45) is 0 Å². The van der Waals surface area contributed by atoms with Crippen molar-refractivity contribution in [3.05, 3.63) is 103 Å². The minimum absolute atomic E-state index is 0. The van der Waals surface area contributed by atoms with Gasteiger partial charge in [0.05, 0.1) is 0 Å². The van der Waals surface area contributed by atoms with E-state index in [2.05, 4.69) is 103 Å². The average molecular weight is 451 g/mol. The topological polar surface area (TPSA) is 0 Å². The number of hydrogen-bond donors (Lipinski definition) is 0. The van der Waals surface area contributed by atoms with Crippen molar-refractivity contribution in [3.63, 3.8) is 0 Å². The number of hydrogen-bond acceptors (Lipinski definition) is 0. The van der Waals surface area contributed by atoms with E-state index >= 15 is 0 Å². The fourth-order valence-electron chi connectivity index (χ4n) is 3.11. The molecule has 0 bridgehead atoms. The summed E-state index contributed by atoms with van der Waals surface area (Å²) in [6.07, 6.45) is 0. The van der Waals surface area contributed by atoms with Gasteiger partial charge >= 0.3 is 18.6 Å². The molecule has 0 amide bonds. The zero-order chi connectivity index (χ0) is 15.5. The monoisotopic (exact) mass is 449 g/mol. The molecule has 0 N–H and O–H groups in total. The Morgan fingerprint density at radius 2 is 0.926 bits per heavy atom. The first kappa shape index (κ1) is 25.5. The fourth-order valence-corrected chi connectivity index (χ4v) is 3.11. The van der Waals surface area contributed by atoms with Crippen LogP contribution in [-0.4, -0.2) is 0 Å². The molecule has 0 heterocycles. The summed E-state index contributed by atoms with van der Waals surface area (Å²) in [4.78, 5) is 0. The van der Waals surface area contributed by atoms with Gasteiger partial charge in [-0.3, -0.25) is 0 Å². The van der Waals surface area contributed by atoms with E-state index in [4.69, 9.17) is 0 Å². The van der Waals surface area contributed by atoms with Gasteiger partial charge in [-0.2, -0.15) is 0 Å². The predicted octanol–water partition coefficient (Wildman–Crippen LogP) is -2.58. The van der Waals surface area contributed by atoms with E-state index in [9.17, 15) is 0 Å². The van der Waals surface area contributed by atoms with E-state index in [0.29, 0.717) is 0 Å². The summed E-state index contributed by atoms with van der Waals surface area (Å²) in [5.41, 5.74) is 7.66. The molecule has 0 aromatic heterocycles. The maximum absolute atomic E-state index is 2.24. The quantitative estimate of drug-likeness (QED) is 0.301. The van der Waals surface area contributed by atoms with Crippen molar-refractivity contribution < 1.29 is 55.8 Å². The molecule has 0 aliphatic heterocycles. The van der Waals surface area contributed by atoms with Crippen molar-refractivity contribution in [3.8, 4) is 33.4 Å². The number of benzene rings is 3. The molecule has 0 unspecified atom stereocenters. The molecular weight excluding hydrogens is 434 g/mol. The minimum Gasteiger partial charge on any atom is -1.00 e. The zero-order valence-electron chi connectivity index (χ0n) is 14.4. The Kier molecular flexibility index (Phi) is 11.3. The molecule has 0 spiro atoms. The fraction of sp³-hybridized carbons (Fsp3) is 0. The summed E-state index contributed by atoms with van der Waals surface area (Å²) in [5, 5.41) is 0. The Balaban J connectivity index is 0.00000169. The first-order valence-corrected chi connectivity index (χ1v) is 7.89. The summed E-state index contributed by atoms with van der Waals surface area (Å²) >= 11 is 0. The second-order valence-electron chi connectivity index (χ2n) is 5.63. The molecule has 4 heteroatoms. The van der Waals surface area contributed by atoms with Crippen molar-refractivity contribution in [2.45, 2.75) is 0 Å². The Hall–Kier alpha value is -1.54. The van der Waals surface area contributed by atoms with E-state index in [-0.39, 0.29) is 55.8 Å². The van der Waals surface area contributed by atoms with Gasteiger partial charge in [0.15, 0.2) is 0 Å². The minimum atomic E-state index is 0. The van der Waals surface area contributed by atoms with Crippen molar-refractivity contribution in [2.75, 3.05) is 0 Å². The van der Waals surface area contributed by atoms with Gasteiger partial charge in [0.1, 0.15) is 0 Å².